The second kappa shape index (κ2) is 8.20. The largest absolute Gasteiger partial charge is 0.352 e. The van der Waals surface area contributed by atoms with Crippen LogP contribution in [-0.4, -0.2) is 56.0 Å². The molecule has 1 aliphatic carbocycles. The normalized spacial score (nSPS) is 18.5. The van der Waals surface area contributed by atoms with Crippen molar-refractivity contribution in [3.63, 3.8) is 0 Å². The molecule has 4 aromatic rings. The van der Waals surface area contributed by atoms with Gasteiger partial charge in [-0.3, -0.25) is 9.78 Å². The van der Waals surface area contributed by atoms with Gasteiger partial charge < -0.3 is 14.4 Å². The zero-order valence-electron chi connectivity index (χ0n) is 18.9. The van der Waals surface area contributed by atoms with Gasteiger partial charge in [0.15, 0.2) is 0 Å². The maximum absolute atomic E-state index is 14.0. The topological polar surface area (TPSA) is 67.2 Å². The van der Waals surface area contributed by atoms with E-state index in [1.807, 2.05) is 27.7 Å². The first kappa shape index (κ1) is 20.8. The molecule has 3 aromatic heterocycles. The molecule has 0 spiro atoms. The first-order valence-electron chi connectivity index (χ1n) is 11.7. The van der Waals surface area contributed by atoms with Crippen molar-refractivity contribution < 1.29 is 9.18 Å². The van der Waals surface area contributed by atoms with E-state index in [4.69, 9.17) is 4.98 Å². The number of anilines is 1. The van der Waals surface area contributed by atoms with E-state index in [1.54, 1.807) is 24.7 Å². The Balaban J connectivity index is 1.35. The Morgan fingerprint density at radius 1 is 1.06 bits per heavy atom. The van der Waals surface area contributed by atoms with E-state index >= 15 is 0 Å². The fraction of sp³-hybridized carbons (Fsp3) is 0.308. The Kier molecular flexibility index (Phi) is 5.01. The van der Waals surface area contributed by atoms with Crippen LogP contribution in [0.2, 0.25) is 0 Å². The lowest BCUT2D eigenvalue weighted by molar-refractivity contribution is 0.0668. The van der Waals surface area contributed by atoms with Gasteiger partial charge in [0.1, 0.15) is 29.3 Å². The van der Waals surface area contributed by atoms with Crippen molar-refractivity contribution in [2.45, 2.75) is 31.7 Å². The number of hydrogen-bond acceptors (Lipinski definition) is 5. The van der Waals surface area contributed by atoms with Gasteiger partial charge in [0, 0.05) is 43.8 Å². The molecule has 6 rings (SSSR count). The van der Waals surface area contributed by atoms with Gasteiger partial charge in [-0.15, -0.1) is 0 Å². The summed E-state index contributed by atoms with van der Waals surface area (Å²) in [5.41, 5.74) is 3.22. The molecule has 1 aromatic carbocycles. The van der Waals surface area contributed by atoms with Crippen LogP contribution in [0, 0.1) is 5.82 Å². The fourth-order valence-electron chi connectivity index (χ4n) is 4.93. The van der Waals surface area contributed by atoms with Crippen molar-refractivity contribution in [1.29, 1.82) is 0 Å². The number of amides is 1. The summed E-state index contributed by atoms with van der Waals surface area (Å²) in [4.78, 5) is 30.7. The molecule has 7 nitrogen and oxygen atoms in total. The monoisotopic (exact) mass is 456 g/mol. The third-order valence-electron chi connectivity index (χ3n) is 6.77. The third-order valence-corrected chi connectivity index (χ3v) is 6.77. The molecule has 8 heteroatoms. The number of aromatic nitrogens is 4. The van der Waals surface area contributed by atoms with Crippen molar-refractivity contribution in [3.05, 3.63) is 78.3 Å². The van der Waals surface area contributed by atoms with E-state index in [-0.39, 0.29) is 17.8 Å². The van der Waals surface area contributed by atoms with Crippen molar-refractivity contribution in [3.8, 4) is 5.69 Å². The molecule has 0 radical (unpaired) electrons. The fourth-order valence-corrected chi connectivity index (χ4v) is 4.93. The summed E-state index contributed by atoms with van der Waals surface area (Å²) >= 11 is 0. The Morgan fingerprint density at radius 2 is 1.94 bits per heavy atom. The van der Waals surface area contributed by atoms with Crippen LogP contribution in [0.5, 0.6) is 0 Å². The highest BCUT2D eigenvalue weighted by Gasteiger charge is 2.34. The number of benzene rings is 1. The van der Waals surface area contributed by atoms with Gasteiger partial charge in [0.2, 0.25) is 0 Å². The average molecular weight is 457 g/mol. The van der Waals surface area contributed by atoms with E-state index in [0.29, 0.717) is 31.2 Å². The predicted octanol–water partition coefficient (Wildman–Crippen LogP) is 4.18. The van der Waals surface area contributed by atoms with Crippen molar-refractivity contribution >= 4 is 22.8 Å². The molecule has 4 heterocycles. The standard InChI is InChI=1S/C26H25FN6O/c1-17-14-31(11-12-32(17)26(34)22-7-2-3-10-28-22)24-23-21(18-8-9-18)15-33(25(23)30-16-29-24)20-6-4-5-19(27)13-20/h2-7,10,13,15-18H,8-9,11-12,14H2,1H3. The maximum atomic E-state index is 14.0. The number of fused-ring (bicyclic) bond motifs is 1. The summed E-state index contributed by atoms with van der Waals surface area (Å²) in [5, 5.41) is 1.03. The van der Waals surface area contributed by atoms with Gasteiger partial charge in [0.05, 0.1) is 5.39 Å². The zero-order valence-corrected chi connectivity index (χ0v) is 18.9. The highest BCUT2D eigenvalue weighted by atomic mass is 19.1. The second-order valence-electron chi connectivity index (χ2n) is 9.11. The van der Waals surface area contributed by atoms with Crippen LogP contribution in [0.1, 0.15) is 41.7 Å². The summed E-state index contributed by atoms with van der Waals surface area (Å²) in [6.45, 7) is 3.99. The lowest BCUT2D eigenvalue weighted by Gasteiger charge is -2.40. The molecular weight excluding hydrogens is 431 g/mol. The lowest BCUT2D eigenvalue weighted by Crippen LogP contribution is -2.54. The van der Waals surface area contributed by atoms with Crippen molar-refractivity contribution in [1.82, 2.24) is 24.4 Å². The van der Waals surface area contributed by atoms with Crippen LogP contribution in [-0.2, 0) is 0 Å². The maximum Gasteiger partial charge on any atom is 0.272 e. The Hall–Kier alpha value is -3.81. The van der Waals surface area contributed by atoms with Gasteiger partial charge in [0.25, 0.3) is 5.91 Å². The van der Waals surface area contributed by atoms with Crippen LogP contribution in [0.3, 0.4) is 0 Å². The molecule has 2 fully saturated rings. The van der Waals surface area contributed by atoms with Crippen LogP contribution in [0.25, 0.3) is 16.7 Å². The number of carbonyl (C=O) groups excluding carboxylic acids is 1. The molecule has 1 unspecified atom stereocenters. The number of nitrogens with zero attached hydrogens (tertiary/aromatic N) is 6. The summed E-state index contributed by atoms with van der Waals surface area (Å²) in [5.74, 6) is 1.05. The van der Waals surface area contributed by atoms with Crippen LogP contribution in [0.15, 0.2) is 61.2 Å². The minimum absolute atomic E-state index is 0.00273. The molecule has 0 N–H and O–H groups in total. The van der Waals surface area contributed by atoms with E-state index in [1.165, 1.54) is 17.7 Å². The number of carbonyl (C=O) groups is 1. The molecule has 34 heavy (non-hydrogen) atoms. The van der Waals surface area contributed by atoms with E-state index in [9.17, 15) is 9.18 Å². The van der Waals surface area contributed by atoms with E-state index in [0.717, 1.165) is 35.4 Å². The Morgan fingerprint density at radius 3 is 2.68 bits per heavy atom. The Labute approximate surface area is 196 Å². The smallest absolute Gasteiger partial charge is 0.272 e. The van der Waals surface area contributed by atoms with Crippen LogP contribution in [0.4, 0.5) is 10.2 Å². The van der Waals surface area contributed by atoms with Gasteiger partial charge in [-0.2, -0.15) is 0 Å². The number of halogens is 1. The van der Waals surface area contributed by atoms with Crippen molar-refractivity contribution in [2.75, 3.05) is 24.5 Å². The molecule has 172 valence electrons. The number of piperazine rings is 1. The minimum atomic E-state index is -0.274. The molecule has 1 saturated carbocycles. The minimum Gasteiger partial charge on any atom is -0.352 e. The van der Waals surface area contributed by atoms with Crippen LogP contribution < -0.4 is 4.90 Å². The van der Waals surface area contributed by atoms with Gasteiger partial charge in [-0.05, 0) is 61.6 Å². The van der Waals surface area contributed by atoms with E-state index in [2.05, 4.69) is 28.0 Å². The predicted molar refractivity (Wildman–Crippen MR) is 128 cm³/mol. The number of hydrogen-bond donors (Lipinski definition) is 0. The zero-order chi connectivity index (χ0) is 23.2. The molecule has 1 aliphatic heterocycles. The quantitative estimate of drug-likeness (QED) is 0.461. The van der Waals surface area contributed by atoms with Gasteiger partial charge in [-0.25, -0.2) is 14.4 Å². The molecule has 1 atom stereocenters. The highest BCUT2D eigenvalue weighted by Crippen LogP contribution is 2.46. The average Bonchev–Trinajstić information content (AvgIpc) is 3.63. The summed E-state index contributed by atoms with van der Waals surface area (Å²) < 4.78 is 16.0. The molecule has 2 aliphatic rings. The van der Waals surface area contributed by atoms with Crippen molar-refractivity contribution in [2.24, 2.45) is 0 Å². The SMILES string of the molecule is CC1CN(c2ncnc3c2c(C2CC2)cn3-c2cccc(F)c2)CCN1C(=O)c1ccccn1. The first-order valence-corrected chi connectivity index (χ1v) is 11.7. The lowest BCUT2D eigenvalue weighted by atomic mass is 10.1. The summed E-state index contributed by atoms with van der Waals surface area (Å²) in [6, 6.07) is 12.0. The second-order valence-corrected chi connectivity index (χ2v) is 9.11. The molecular formula is C26H25FN6O. The van der Waals surface area contributed by atoms with Gasteiger partial charge >= 0.3 is 0 Å². The summed E-state index contributed by atoms with van der Waals surface area (Å²) in [7, 11) is 0. The first-order chi connectivity index (χ1) is 16.6. The Bertz CT molecular complexity index is 1370. The highest BCUT2D eigenvalue weighted by molar-refractivity contribution is 5.94. The number of pyridine rings is 1. The summed E-state index contributed by atoms with van der Waals surface area (Å²) in [6.07, 6.45) is 7.60. The number of rotatable bonds is 4. The van der Waals surface area contributed by atoms with Gasteiger partial charge in [-0.1, -0.05) is 12.1 Å². The van der Waals surface area contributed by atoms with Crippen LogP contribution >= 0.6 is 0 Å². The molecule has 1 amide bonds. The molecule has 0 bridgehead atoms. The molecule has 1 saturated heterocycles. The van der Waals surface area contributed by atoms with E-state index < -0.39 is 0 Å². The third kappa shape index (κ3) is 3.59.